The Morgan fingerprint density at radius 3 is 2.21 bits per heavy atom. The fraction of sp³-hybridized carbons (Fsp3) is 0.600. The number of piperidine rings is 1. The van der Waals surface area contributed by atoms with Gasteiger partial charge in [-0.3, -0.25) is 0 Å². The van der Waals surface area contributed by atoms with Crippen LogP contribution in [0.15, 0.2) is 30.3 Å². The molecule has 0 aliphatic carbocycles. The number of carbonyl (C=O) groups is 2. The van der Waals surface area contributed by atoms with Gasteiger partial charge in [-0.15, -0.1) is 0 Å². The quantitative estimate of drug-likeness (QED) is 0.418. The van der Waals surface area contributed by atoms with Gasteiger partial charge in [0.25, 0.3) is 0 Å². The topological polar surface area (TPSA) is 90.9 Å². The molecule has 0 radical (unpaired) electrons. The molecular weight excluding hydrogens is 482 g/mol. The molecule has 1 saturated heterocycles. The number of amides is 1. The average Bonchev–Trinajstić information content (AvgIpc) is 2.77. The first-order chi connectivity index (χ1) is 17.5. The SMILES string of the molecule is Cc1nc(CC2CCN(C(=O)OC(C)(C)C)CC2(C)C)nc(C(=O)OC(C)(C)C)c1OCc1ccccc1. The van der Waals surface area contributed by atoms with Gasteiger partial charge in [0.05, 0.1) is 5.69 Å². The van der Waals surface area contributed by atoms with Crippen LogP contribution in [0.2, 0.25) is 0 Å². The lowest BCUT2D eigenvalue weighted by molar-refractivity contribution is -0.00464. The van der Waals surface area contributed by atoms with E-state index in [0.29, 0.717) is 36.8 Å². The van der Waals surface area contributed by atoms with E-state index in [1.54, 1.807) is 4.90 Å². The molecule has 8 heteroatoms. The first-order valence-corrected chi connectivity index (χ1v) is 13.3. The van der Waals surface area contributed by atoms with Gasteiger partial charge in [0.2, 0.25) is 0 Å². The number of carbonyl (C=O) groups excluding carboxylic acids is 2. The van der Waals surface area contributed by atoms with E-state index < -0.39 is 17.2 Å². The number of hydrogen-bond acceptors (Lipinski definition) is 7. The number of rotatable bonds is 6. The van der Waals surface area contributed by atoms with Gasteiger partial charge in [-0.25, -0.2) is 19.6 Å². The molecule has 38 heavy (non-hydrogen) atoms. The van der Waals surface area contributed by atoms with Crippen molar-refractivity contribution < 1.29 is 23.8 Å². The van der Waals surface area contributed by atoms with Gasteiger partial charge in [0.15, 0.2) is 11.4 Å². The maximum absolute atomic E-state index is 13.2. The van der Waals surface area contributed by atoms with Crippen LogP contribution in [-0.4, -0.2) is 51.2 Å². The van der Waals surface area contributed by atoms with Crippen LogP contribution >= 0.6 is 0 Å². The second-order valence-electron chi connectivity index (χ2n) is 12.8. The molecule has 1 amide bonds. The summed E-state index contributed by atoms with van der Waals surface area (Å²) in [5.41, 5.74) is 0.304. The average molecular weight is 526 g/mol. The molecular formula is C30H43N3O5. The van der Waals surface area contributed by atoms with Crippen molar-refractivity contribution in [1.82, 2.24) is 14.9 Å². The predicted molar refractivity (Wildman–Crippen MR) is 146 cm³/mol. The van der Waals surface area contributed by atoms with E-state index in [9.17, 15) is 9.59 Å². The van der Waals surface area contributed by atoms with Crippen molar-refractivity contribution in [2.24, 2.45) is 11.3 Å². The van der Waals surface area contributed by atoms with Crippen molar-refractivity contribution in [2.45, 2.75) is 93.0 Å². The molecule has 0 saturated carbocycles. The van der Waals surface area contributed by atoms with Crippen LogP contribution in [-0.2, 0) is 22.5 Å². The molecule has 1 unspecified atom stereocenters. The Balaban J connectivity index is 1.83. The molecule has 1 atom stereocenters. The van der Waals surface area contributed by atoms with Crippen LogP contribution in [0, 0.1) is 18.3 Å². The van der Waals surface area contributed by atoms with Crippen molar-refractivity contribution in [1.29, 1.82) is 0 Å². The molecule has 0 N–H and O–H groups in total. The predicted octanol–water partition coefficient (Wildman–Crippen LogP) is 6.15. The van der Waals surface area contributed by atoms with Crippen LogP contribution in [0.4, 0.5) is 4.79 Å². The van der Waals surface area contributed by atoms with E-state index in [1.807, 2.05) is 78.8 Å². The highest BCUT2D eigenvalue weighted by atomic mass is 16.6. The number of hydrogen-bond donors (Lipinski definition) is 0. The molecule has 0 spiro atoms. The van der Waals surface area contributed by atoms with Crippen molar-refractivity contribution >= 4 is 12.1 Å². The zero-order chi connectivity index (χ0) is 28.3. The molecule has 0 bridgehead atoms. The van der Waals surface area contributed by atoms with Crippen LogP contribution in [0.3, 0.4) is 0 Å². The summed E-state index contributed by atoms with van der Waals surface area (Å²) in [4.78, 5) is 37.1. The zero-order valence-electron chi connectivity index (χ0n) is 24.4. The highest BCUT2D eigenvalue weighted by molar-refractivity contribution is 5.91. The fourth-order valence-corrected chi connectivity index (χ4v) is 4.56. The minimum atomic E-state index is -0.677. The summed E-state index contributed by atoms with van der Waals surface area (Å²) in [6.07, 6.45) is 1.07. The minimum Gasteiger partial charge on any atom is -0.484 e. The third-order valence-corrected chi connectivity index (χ3v) is 6.43. The van der Waals surface area contributed by atoms with E-state index in [4.69, 9.17) is 19.2 Å². The Kier molecular flexibility index (Phi) is 8.74. The van der Waals surface area contributed by atoms with Gasteiger partial charge in [0.1, 0.15) is 23.6 Å². The summed E-state index contributed by atoms with van der Waals surface area (Å²) in [7, 11) is 0. The largest absolute Gasteiger partial charge is 0.484 e. The second-order valence-corrected chi connectivity index (χ2v) is 12.8. The summed E-state index contributed by atoms with van der Waals surface area (Å²) in [5.74, 6) is 0.583. The summed E-state index contributed by atoms with van der Waals surface area (Å²) < 4.78 is 17.3. The number of aromatic nitrogens is 2. The fourth-order valence-electron chi connectivity index (χ4n) is 4.56. The Bertz CT molecular complexity index is 1130. The molecule has 1 fully saturated rings. The number of benzene rings is 1. The monoisotopic (exact) mass is 525 g/mol. The van der Waals surface area contributed by atoms with Crippen molar-refractivity contribution in [3.63, 3.8) is 0 Å². The summed E-state index contributed by atoms with van der Waals surface area (Å²) in [5, 5.41) is 0. The lowest BCUT2D eigenvalue weighted by atomic mass is 9.72. The second kappa shape index (κ2) is 11.3. The first kappa shape index (κ1) is 29.4. The minimum absolute atomic E-state index is 0.141. The normalized spacial score (nSPS) is 17.6. The molecule has 3 rings (SSSR count). The van der Waals surface area contributed by atoms with E-state index in [1.165, 1.54) is 0 Å². The molecule has 1 aliphatic rings. The van der Waals surface area contributed by atoms with Crippen LogP contribution < -0.4 is 4.74 Å². The van der Waals surface area contributed by atoms with Crippen molar-refractivity contribution in [2.75, 3.05) is 13.1 Å². The Hall–Kier alpha value is -3.16. The number of nitrogens with zero attached hydrogens (tertiary/aromatic N) is 3. The van der Waals surface area contributed by atoms with Gasteiger partial charge in [-0.05, 0) is 71.8 Å². The van der Waals surface area contributed by atoms with E-state index >= 15 is 0 Å². The number of aryl methyl sites for hydroxylation is 1. The highest BCUT2D eigenvalue weighted by Gasteiger charge is 2.39. The summed E-state index contributed by atoms with van der Waals surface area (Å²) in [6, 6.07) is 9.75. The smallest absolute Gasteiger partial charge is 0.410 e. The standard InChI is InChI=1S/C30H43N3O5/c1-20-25(36-18-21-13-11-10-12-14-21)24(26(34)37-28(2,3)4)32-23(31-20)17-22-15-16-33(19-30(22,8)9)27(35)38-29(5,6)7/h10-14,22H,15-19H2,1-9H3. The molecule has 2 heterocycles. The molecule has 2 aromatic rings. The molecule has 208 valence electrons. The van der Waals surface area contributed by atoms with E-state index in [-0.39, 0.29) is 29.7 Å². The lowest BCUT2D eigenvalue weighted by Crippen LogP contribution is -2.50. The first-order valence-electron chi connectivity index (χ1n) is 13.3. The molecule has 1 aromatic carbocycles. The van der Waals surface area contributed by atoms with Crippen molar-refractivity contribution in [3.8, 4) is 5.75 Å². The highest BCUT2D eigenvalue weighted by Crippen LogP contribution is 2.38. The third-order valence-electron chi connectivity index (χ3n) is 6.43. The van der Waals surface area contributed by atoms with Gasteiger partial charge >= 0.3 is 12.1 Å². The lowest BCUT2D eigenvalue weighted by Gasteiger charge is -2.44. The Morgan fingerprint density at radius 2 is 1.63 bits per heavy atom. The van der Waals surface area contributed by atoms with Crippen LogP contribution in [0.5, 0.6) is 5.75 Å². The van der Waals surface area contributed by atoms with Gasteiger partial charge < -0.3 is 19.1 Å². The van der Waals surface area contributed by atoms with E-state index in [2.05, 4.69) is 18.8 Å². The van der Waals surface area contributed by atoms with Crippen LogP contribution in [0.1, 0.15) is 89.4 Å². The van der Waals surface area contributed by atoms with Crippen molar-refractivity contribution in [3.05, 3.63) is 53.1 Å². The van der Waals surface area contributed by atoms with Gasteiger partial charge in [-0.2, -0.15) is 0 Å². The number of ether oxygens (including phenoxy) is 3. The molecule has 1 aromatic heterocycles. The molecule has 1 aliphatic heterocycles. The third kappa shape index (κ3) is 8.17. The Morgan fingerprint density at radius 1 is 1.00 bits per heavy atom. The van der Waals surface area contributed by atoms with E-state index in [0.717, 1.165) is 12.0 Å². The number of esters is 1. The maximum Gasteiger partial charge on any atom is 0.410 e. The summed E-state index contributed by atoms with van der Waals surface area (Å²) in [6.45, 7) is 18.7. The summed E-state index contributed by atoms with van der Waals surface area (Å²) >= 11 is 0. The number of likely N-dealkylation sites (tertiary alicyclic amines) is 1. The van der Waals surface area contributed by atoms with Crippen LogP contribution in [0.25, 0.3) is 0 Å². The molecule has 8 nitrogen and oxygen atoms in total. The van der Waals surface area contributed by atoms with Gasteiger partial charge in [-0.1, -0.05) is 44.2 Å². The Labute approximate surface area is 227 Å². The van der Waals surface area contributed by atoms with Gasteiger partial charge in [0, 0.05) is 19.5 Å². The zero-order valence-corrected chi connectivity index (χ0v) is 24.4. The maximum atomic E-state index is 13.2.